The molecular formula is C18H22BrClO6S. The molecule has 0 bridgehead atoms. The number of esters is 2. The van der Waals surface area contributed by atoms with Crippen LogP contribution in [0, 0.1) is 6.92 Å². The Morgan fingerprint density at radius 1 is 1.26 bits per heavy atom. The fourth-order valence-corrected chi connectivity index (χ4v) is 4.55. The van der Waals surface area contributed by atoms with Crippen LogP contribution in [0.1, 0.15) is 36.6 Å². The van der Waals surface area contributed by atoms with Gasteiger partial charge in [-0.1, -0.05) is 39.7 Å². The summed E-state index contributed by atoms with van der Waals surface area (Å²) in [6, 6.07) is 3.69. The molecule has 27 heavy (non-hydrogen) atoms. The number of benzene rings is 1. The molecule has 1 N–H and O–H groups in total. The minimum Gasteiger partial charge on any atom is -0.456 e. The van der Waals surface area contributed by atoms with Gasteiger partial charge in [-0.05, 0) is 29.9 Å². The summed E-state index contributed by atoms with van der Waals surface area (Å²) in [5.74, 6) is -1.12. The summed E-state index contributed by atoms with van der Waals surface area (Å²) in [5.41, 5.74) is 1.79. The van der Waals surface area contributed by atoms with E-state index in [1.807, 2.05) is 19.1 Å². The first-order valence-corrected chi connectivity index (χ1v) is 11.0. The summed E-state index contributed by atoms with van der Waals surface area (Å²) < 4.78 is 16.7. The van der Waals surface area contributed by atoms with Gasteiger partial charge in [0.15, 0.2) is 12.2 Å². The third-order valence-corrected chi connectivity index (χ3v) is 6.17. The first-order chi connectivity index (χ1) is 12.7. The second-order valence-corrected chi connectivity index (χ2v) is 8.12. The number of ether oxygens (including phenoxy) is 3. The Bertz CT molecular complexity index is 715. The minimum atomic E-state index is -1.24. The second kappa shape index (κ2) is 9.60. The van der Waals surface area contributed by atoms with E-state index in [0.717, 1.165) is 16.7 Å². The Kier molecular flexibility index (Phi) is 8.00. The molecule has 0 aromatic heterocycles. The van der Waals surface area contributed by atoms with Crippen LogP contribution in [-0.4, -0.2) is 47.0 Å². The highest BCUT2D eigenvalue weighted by Crippen LogP contribution is 2.40. The number of alkyl halides is 1. The van der Waals surface area contributed by atoms with E-state index in [2.05, 4.69) is 15.9 Å². The molecule has 9 heteroatoms. The summed E-state index contributed by atoms with van der Waals surface area (Å²) in [7, 11) is 0. The van der Waals surface area contributed by atoms with Crippen molar-refractivity contribution in [1.29, 1.82) is 0 Å². The third-order valence-electron chi connectivity index (χ3n) is 4.18. The van der Waals surface area contributed by atoms with Crippen molar-refractivity contribution < 1.29 is 28.9 Å². The lowest BCUT2D eigenvalue weighted by Crippen LogP contribution is -2.55. The van der Waals surface area contributed by atoms with Gasteiger partial charge in [0.2, 0.25) is 0 Å². The molecule has 150 valence electrons. The van der Waals surface area contributed by atoms with Gasteiger partial charge in [-0.15, -0.1) is 11.8 Å². The van der Waals surface area contributed by atoms with Crippen molar-refractivity contribution in [3.8, 4) is 0 Å². The lowest BCUT2D eigenvalue weighted by Gasteiger charge is -2.43. The van der Waals surface area contributed by atoms with Crippen LogP contribution in [0.2, 0.25) is 5.02 Å². The smallest absolute Gasteiger partial charge is 0.303 e. The number of aliphatic hydroxyl groups excluding tert-OH is 1. The zero-order chi connectivity index (χ0) is 20.3. The van der Waals surface area contributed by atoms with Crippen molar-refractivity contribution >= 4 is 51.2 Å². The van der Waals surface area contributed by atoms with Crippen LogP contribution in [-0.2, 0) is 29.1 Å². The number of carbonyl (C=O) groups is 2. The molecular weight excluding hydrogens is 460 g/mol. The standard InChI is InChI=1S/C18H22BrClO6S/c1-8-5-11(6-12(7-19)13(8)20)15-16(24-9(2)21)14(23)17(25-10(3)22)18(26-15)27-4/h5-6,14-18,23H,7H2,1-4H3/t14-,15+,16-,17+,18-/m1/s1. The normalized spacial score (nSPS) is 27.9. The van der Waals surface area contributed by atoms with Gasteiger partial charge in [0.25, 0.3) is 0 Å². The largest absolute Gasteiger partial charge is 0.456 e. The zero-order valence-corrected chi connectivity index (χ0v) is 18.6. The Labute approximate surface area is 176 Å². The van der Waals surface area contributed by atoms with E-state index in [0.29, 0.717) is 10.4 Å². The Morgan fingerprint density at radius 3 is 2.37 bits per heavy atom. The number of carbonyl (C=O) groups excluding carboxylic acids is 2. The topological polar surface area (TPSA) is 82.1 Å². The van der Waals surface area contributed by atoms with E-state index < -0.39 is 41.8 Å². The molecule has 6 nitrogen and oxygen atoms in total. The lowest BCUT2D eigenvalue weighted by molar-refractivity contribution is -0.224. The highest BCUT2D eigenvalue weighted by atomic mass is 79.9. The molecule has 0 radical (unpaired) electrons. The fraction of sp³-hybridized carbons (Fsp3) is 0.556. The van der Waals surface area contributed by atoms with Crippen molar-refractivity contribution in [2.75, 3.05) is 6.26 Å². The lowest BCUT2D eigenvalue weighted by atomic mass is 9.92. The van der Waals surface area contributed by atoms with E-state index >= 15 is 0 Å². The predicted octanol–water partition coefficient (Wildman–Crippen LogP) is 3.53. The highest BCUT2D eigenvalue weighted by Gasteiger charge is 2.49. The summed E-state index contributed by atoms with van der Waals surface area (Å²) in [5, 5.41) is 12.0. The SMILES string of the molecule is CS[C@H]1O[C@@H](c2cc(C)c(Cl)c(CBr)c2)[C@H](OC(C)=O)[C@@H](O)[C@@H]1OC(C)=O. The van der Waals surface area contributed by atoms with Gasteiger partial charge in [0.1, 0.15) is 17.6 Å². The number of aryl methyl sites for hydroxylation is 1. The minimum absolute atomic E-state index is 0.538. The molecule has 1 aliphatic heterocycles. The van der Waals surface area contributed by atoms with Gasteiger partial charge in [-0.25, -0.2) is 0 Å². The van der Waals surface area contributed by atoms with Crippen LogP contribution in [0.4, 0.5) is 0 Å². The molecule has 1 aromatic carbocycles. The van der Waals surface area contributed by atoms with Crippen molar-refractivity contribution in [3.63, 3.8) is 0 Å². The monoisotopic (exact) mass is 480 g/mol. The molecule has 0 aliphatic carbocycles. The van der Waals surface area contributed by atoms with Crippen molar-refractivity contribution in [2.24, 2.45) is 0 Å². The van der Waals surface area contributed by atoms with Gasteiger partial charge in [-0.2, -0.15) is 0 Å². The highest BCUT2D eigenvalue weighted by molar-refractivity contribution is 9.08. The zero-order valence-electron chi connectivity index (χ0n) is 15.4. The van der Waals surface area contributed by atoms with Crippen molar-refractivity contribution in [3.05, 3.63) is 33.8 Å². The Balaban J connectivity index is 2.48. The van der Waals surface area contributed by atoms with Gasteiger partial charge in [-0.3, -0.25) is 9.59 Å². The first kappa shape index (κ1) is 22.5. The third kappa shape index (κ3) is 5.17. The van der Waals surface area contributed by atoms with Gasteiger partial charge < -0.3 is 19.3 Å². The Morgan fingerprint density at radius 2 is 1.85 bits per heavy atom. The summed E-state index contributed by atoms with van der Waals surface area (Å²) in [4.78, 5) is 23.1. The van der Waals surface area contributed by atoms with E-state index in [4.69, 9.17) is 25.8 Å². The first-order valence-electron chi connectivity index (χ1n) is 8.25. The van der Waals surface area contributed by atoms with Crippen LogP contribution >= 0.6 is 39.3 Å². The molecule has 0 unspecified atom stereocenters. The van der Waals surface area contributed by atoms with Crippen LogP contribution in [0.25, 0.3) is 0 Å². The van der Waals surface area contributed by atoms with Crippen molar-refractivity contribution in [2.45, 2.75) is 56.0 Å². The molecule has 1 aliphatic rings. The quantitative estimate of drug-likeness (QED) is 0.509. The van der Waals surface area contributed by atoms with E-state index in [1.54, 1.807) is 6.26 Å². The molecule has 0 amide bonds. The van der Waals surface area contributed by atoms with E-state index in [-0.39, 0.29) is 0 Å². The molecule has 1 fully saturated rings. The number of aliphatic hydroxyl groups is 1. The average Bonchev–Trinajstić information content (AvgIpc) is 2.60. The van der Waals surface area contributed by atoms with Crippen LogP contribution in [0.15, 0.2) is 12.1 Å². The molecule has 5 atom stereocenters. The van der Waals surface area contributed by atoms with Crippen LogP contribution < -0.4 is 0 Å². The van der Waals surface area contributed by atoms with Gasteiger partial charge in [0, 0.05) is 24.2 Å². The maximum Gasteiger partial charge on any atom is 0.303 e. The number of thioether (sulfide) groups is 1. The second-order valence-electron chi connectivity index (χ2n) is 6.24. The van der Waals surface area contributed by atoms with E-state index in [9.17, 15) is 14.7 Å². The maximum absolute atomic E-state index is 11.6. The summed E-state index contributed by atoms with van der Waals surface area (Å²) in [6.45, 7) is 4.37. The molecule has 1 heterocycles. The fourth-order valence-electron chi connectivity index (χ4n) is 3.06. The average molecular weight is 482 g/mol. The van der Waals surface area contributed by atoms with Crippen molar-refractivity contribution in [1.82, 2.24) is 0 Å². The molecule has 0 saturated carbocycles. The summed E-state index contributed by atoms with van der Waals surface area (Å²) >= 11 is 11.0. The number of rotatable bonds is 5. The molecule has 1 aromatic rings. The van der Waals surface area contributed by atoms with Gasteiger partial charge >= 0.3 is 11.9 Å². The van der Waals surface area contributed by atoms with Crippen LogP contribution in [0.5, 0.6) is 0 Å². The molecule has 0 spiro atoms. The maximum atomic E-state index is 11.6. The number of hydrogen-bond acceptors (Lipinski definition) is 7. The van der Waals surface area contributed by atoms with Crippen LogP contribution in [0.3, 0.4) is 0 Å². The molecule has 2 rings (SSSR count). The predicted molar refractivity (Wildman–Crippen MR) is 107 cm³/mol. The van der Waals surface area contributed by atoms with E-state index in [1.165, 1.54) is 25.6 Å². The Hall–Kier alpha value is -0.800. The number of hydrogen-bond donors (Lipinski definition) is 1. The number of halogens is 2. The molecule has 1 saturated heterocycles. The van der Waals surface area contributed by atoms with Gasteiger partial charge in [0.05, 0.1) is 0 Å². The summed E-state index contributed by atoms with van der Waals surface area (Å²) in [6.07, 6.45) is -2.17.